The molecule has 8 heteroatoms. The number of piperidine rings is 1. The third-order valence-corrected chi connectivity index (χ3v) is 7.72. The van der Waals surface area contributed by atoms with Crippen molar-refractivity contribution in [1.82, 2.24) is 4.90 Å². The first-order valence-corrected chi connectivity index (χ1v) is 12.6. The molecule has 200 valence electrons. The van der Waals surface area contributed by atoms with E-state index in [9.17, 15) is 9.90 Å². The fourth-order valence-corrected chi connectivity index (χ4v) is 5.84. The number of rotatable bonds is 8. The number of hydrogen-bond donors (Lipinski definition) is 1. The number of amides is 1. The molecule has 0 aromatic heterocycles. The van der Waals surface area contributed by atoms with Gasteiger partial charge < -0.3 is 33.7 Å². The molecule has 1 saturated carbocycles. The van der Waals surface area contributed by atoms with Crippen molar-refractivity contribution in [1.29, 1.82) is 0 Å². The van der Waals surface area contributed by atoms with Crippen LogP contribution in [0.1, 0.15) is 49.3 Å². The van der Waals surface area contributed by atoms with Crippen molar-refractivity contribution in [3.63, 3.8) is 0 Å². The molecule has 37 heavy (non-hydrogen) atoms. The Hall–Kier alpha value is -3.39. The van der Waals surface area contributed by atoms with Crippen molar-refractivity contribution in [2.45, 2.75) is 43.7 Å². The number of benzene rings is 2. The molecule has 3 atom stereocenters. The molecule has 2 unspecified atom stereocenters. The molecule has 4 rings (SSSR count). The van der Waals surface area contributed by atoms with Gasteiger partial charge in [0, 0.05) is 30.2 Å². The van der Waals surface area contributed by atoms with Crippen LogP contribution in [0.3, 0.4) is 0 Å². The predicted octanol–water partition coefficient (Wildman–Crippen LogP) is 4.64. The summed E-state index contributed by atoms with van der Waals surface area (Å²) in [4.78, 5) is 15.6. The summed E-state index contributed by atoms with van der Waals surface area (Å²) in [5.41, 5.74) is 0.820. The minimum atomic E-state index is -0.801. The second-order valence-electron chi connectivity index (χ2n) is 9.58. The Morgan fingerprint density at radius 2 is 1.62 bits per heavy atom. The molecule has 2 aromatic carbocycles. The van der Waals surface area contributed by atoms with Crippen LogP contribution in [0.2, 0.25) is 0 Å². The highest BCUT2D eigenvalue weighted by atomic mass is 16.5. The lowest BCUT2D eigenvalue weighted by Crippen LogP contribution is -2.56. The molecule has 1 N–H and O–H groups in total. The van der Waals surface area contributed by atoms with Crippen molar-refractivity contribution in [3.8, 4) is 28.7 Å². The Bertz CT molecular complexity index is 1120. The minimum Gasteiger partial charge on any atom is -0.497 e. The van der Waals surface area contributed by atoms with Crippen LogP contribution in [0.5, 0.6) is 28.7 Å². The maximum absolute atomic E-state index is 13.7. The van der Waals surface area contributed by atoms with Crippen molar-refractivity contribution < 1.29 is 33.6 Å². The topological polar surface area (TPSA) is 86.7 Å². The van der Waals surface area contributed by atoms with E-state index in [1.165, 1.54) is 0 Å². The smallest absolute Gasteiger partial charge is 0.247 e. The van der Waals surface area contributed by atoms with Gasteiger partial charge in [0.05, 0.1) is 47.2 Å². The standard InChI is InChI=1S/C29H37NO7/c1-33-20-10-11-21(23(18-20)34-2)27-22-8-6-7-13-29(22,32)14-15-30(27)26(31)12-9-19-16-24(35-3)28(37-5)25(17-19)36-4/h9-12,16-18,22,27,32H,6-8,13-15H2,1-5H3/b12-9+/t22?,27-,29?/m0/s1. The van der Waals surface area contributed by atoms with Gasteiger partial charge in [0.1, 0.15) is 11.5 Å². The monoisotopic (exact) mass is 511 g/mol. The van der Waals surface area contributed by atoms with Gasteiger partial charge in [-0.2, -0.15) is 0 Å². The van der Waals surface area contributed by atoms with E-state index >= 15 is 0 Å². The fraction of sp³-hybridized carbons (Fsp3) is 0.483. The third kappa shape index (κ3) is 5.21. The number of carbonyl (C=O) groups is 1. The first kappa shape index (κ1) is 26.7. The van der Waals surface area contributed by atoms with E-state index in [1.54, 1.807) is 59.8 Å². The Morgan fingerprint density at radius 1 is 0.919 bits per heavy atom. The summed E-state index contributed by atoms with van der Waals surface area (Å²) in [7, 11) is 7.89. The summed E-state index contributed by atoms with van der Waals surface area (Å²) in [5.74, 6) is 2.62. The summed E-state index contributed by atoms with van der Waals surface area (Å²) in [5, 5.41) is 11.6. The first-order valence-electron chi connectivity index (χ1n) is 12.6. The molecule has 1 aliphatic heterocycles. The molecule has 1 saturated heterocycles. The number of nitrogens with zero attached hydrogens (tertiary/aromatic N) is 1. The molecule has 2 fully saturated rings. The van der Waals surface area contributed by atoms with Crippen molar-refractivity contribution in [2.24, 2.45) is 5.92 Å². The summed E-state index contributed by atoms with van der Waals surface area (Å²) < 4.78 is 27.4. The van der Waals surface area contributed by atoms with Crippen LogP contribution in [0, 0.1) is 5.92 Å². The van der Waals surface area contributed by atoms with E-state index in [4.69, 9.17) is 23.7 Å². The van der Waals surface area contributed by atoms with E-state index in [0.29, 0.717) is 41.7 Å². The fourth-order valence-electron chi connectivity index (χ4n) is 5.84. The molecule has 0 bridgehead atoms. The number of aliphatic hydroxyl groups is 1. The number of methoxy groups -OCH3 is 5. The SMILES string of the molecule is COc1ccc([C@H]2C3CCCCC3(O)CCN2C(=O)/C=C/c2cc(OC)c(OC)c(OC)c2)c(OC)c1. The van der Waals surface area contributed by atoms with Crippen LogP contribution in [-0.2, 0) is 4.79 Å². The maximum atomic E-state index is 13.7. The molecule has 2 aromatic rings. The molecule has 1 amide bonds. The normalized spacial score (nSPS) is 23.4. The molecule has 8 nitrogen and oxygen atoms in total. The molecular weight excluding hydrogens is 474 g/mol. The van der Waals surface area contributed by atoms with Crippen LogP contribution in [-0.4, -0.2) is 63.6 Å². The third-order valence-electron chi connectivity index (χ3n) is 7.72. The predicted molar refractivity (Wildman–Crippen MR) is 141 cm³/mol. The summed E-state index contributed by atoms with van der Waals surface area (Å²) >= 11 is 0. The van der Waals surface area contributed by atoms with Crippen LogP contribution in [0.4, 0.5) is 0 Å². The quantitative estimate of drug-likeness (QED) is 0.517. The molecule has 0 radical (unpaired) electrons. The maximum Gasteiger partial charge on any atom is 0.247 e. The zero-order chi connectivity index (χ0) is 26.6. The number of ether oxygens (including phenoxy) is 5. The van der Waals surface area contributed by atoms with Gasteiger partial charge in [-0.25, -0.2) is 0 Å². The second-order valence-corrected chi connectivity index (χ2v) is 9.58. The molecule has 1 heterocycles. The van der Waals surface area contributed by atoms with E-state index in [-0.39, 0.29) is 17.9 Å². The van der Waals surface area contributed by atoms with Gasteiger partial charge in [0.25, 0.3) is 0 Å². The molecule has 1 aliphatic carbocycles. The first-order chi connectivity index (χ1) is 17.9. The average Bonchev–Trinajstić information content (AvgIpc) is 2.93. The zero-order valence-electron chi connectivity index (χ0n) is 22.3. The van der Waals surface area contributed by atoms with Crippen LogP contribution < -0.4 is 23.7 Å². The Morgan fingerprint density at radius 3 is 2.24 bits per heavy atom. The number of hydrogen-bond acceptors (Lipinski definition) is 7. The van der Waals surface area contributed by atoms with Gasteiger partial charge in [-0.15, -0.1) is 0 Å². The Balaban J connectivity index is 1.70. The minimum absolute atomic E-state index is 0.0872. The van der Waals surface area contributed by atoms with Crippen molar-refractivity contribution >= 4 is 12.0 Å². The lowest BCUT2D eigenvalue weighted by atomic mass is 9.66. The Labute approximate surface area is 218 Å². The lowest BCUT2D eigenvalue weighted by Gasteiger charge is -2.52. The summed E-state index contributed by atoms with van der Waals surface area (Å²) in [6, 6.07) is 8.93. The second kappa shape index (κ2) is 11.3. The van der Waals surface area contributed by atoms with E-state index < -0.39 is 5.60 Å². The summed E-state index contributed by atoms with van der Waals surface area (Å²) in [6.45, 7) is 0.450. The van der Waals surface area contributed by atoms with E-state index in [2.05, 4.69) is 0 Å². The van der Waals surface area contributed by atoms with Gasteiger partial charge in [-0.1, -0.05) is 12.8 Å². The van der Waals surface area contributed by atoms with Gasteiger partial charge in [-0.3, -0.25) is 4.79 Å². The molecule has 0 spiro atoms. The average molecular weight is 512 g/mol. The van der Waals surface area contributed by atoms with E-state index in [1.807, 2.05) is 23.1 Å². The highest BCUT2D eigenvalue weighted by molar-refractivity contribution is 5.92. The number of likely N-dealkylation sites (tertiary alicyclic amines) is 1. The molecular formula is C29H37NO7. The Kier molecular flexibility index (Phi) is 8.17. The number of carbonyl (C=O) groups excluding carboxylic acids is 1. The number of fused-ring (bicyclic) bond motifs is 1. The van der Waals surface area contributed by atoms with Crippen molar-refractivity contribution in [2.75, 3.05) is 42.1 Å². The van der Waals surface area contributed by atoms with Crippen LogP contribution in [0.25, 0.3) is 6.08 Å². The van der Waals surface area contributed by atoms with Crippen LogP contribution >= 0.6 is 0 Å². The summed E-state index contributed by atoms with van der Waals surface area (Å²) in [6.07, 6.45) is 7.47. The lowest BCUT2D eigenvalue weighted by molar-refractivity contribution is -0.151. The van der Waals surface area contributed by atoms with Crippen LogP contribution in [0.15, 0.2) is 36.4 Å². The van der Waals surface area contributed by atoms with Gasteiger partial charge in [0.15, 0.2) is 11.5 Å². The van der Waals surface area contributed by atoms with E-state index in [0.717, 1.165) is 36.8 Å². The van der Waals surface area contributed by atoms with Gasteiger partial charge >= 0.3 is 0 Å². The van der Waals surface area contributed by atoms with Gasteiger partial charge in [0.2, 0.25) is 11.7 Å². The zero-order valence-corrected chi connectivity index (χ0v) is 22.3. The highest BCUT2D eigenvalue weighted by Crippen LogP contribution is 2.51. The molecule has 2 aliphatic rings. The van der Waals surface area contributed by atoms with Crippen molar-refractivity contribution in [3.05, 3.63) is 47.5 Å². The largest absolute Gasteiger partial charge is 0.497 e. The van der Waals surface area contributed by atoms with Gasteiger partial charge in [-0.05, 0) is 55.2 Å². The highest BCUT2D eigenvalue weighted by Gasteiger charge is 2.50.